The molecule has 2 heterocycles. The summed E-state index contributed by atoms with van der Waals surface area (Å²) in [5.74, 6) is -0.360. The molecule has 1 aromatic carbocycles. The lowest BCUT2D eigenvalue weighted by molar-refractivity contribution is -0.157. The maximum atomic E-state index is 13.2. The molecule has 1 saturated heterocycles. The van der Waals surface area contributed by atoms with Crippen LogP contribution in [0.15, 0.2) is 24.3 Å². The number of para-hydroxylation sites is 1. The monoisotopic (exact) mass is 375 g/mol. The molecule has 26 heavy (non-hydrogen) atoms. The zero-order valence-corrected chi connectivity index (χ0v) is 15.8. The van der Waals surface area contributed by atoms with E-state index in [1.54, 1.807) is 11.3 Å². The number of thiazole rings is 1. The van der Waals surface area contributed by atoms with Gasteiger partial charge >= 0.3 is 0 Å². The van der Waals surface area contributed by atoms with Crippen molar-refractivity contribution in [2.24, 2.45) is 5.92 Å². The van der Waals surface area contributed by atoms with Gasteiger partial charge in [0.05, 0.1) is 28.7 Å². The lowest BCUT2D eigenvalue weighted by Gasteiger charge is -2.28. The Bertz CT molecular complexity index is 730. The van der Waals surface area contributed by atoms with E-state index in [4.69, 9.17) is 4.98 Å². The molecule has 140 valence electrons. The van der Waals surface area contributed by atoms with Crippen LogP contribution in [-0.2, 0) is 9.59 Å². The van der Waals surface area contributed by atoms with Gasteiger partial charge in [-0.1, -0.05) is 31.9 Å². The first-order chi connectivity index (χ1) is 12.6. The van der Waals surface area contributed by atoms with Gasteiger partial charge in [-0.2, -0.15) is 0 Å². The zero-order valence-electron chi connectivity index (χ0n) is 15.0. The Hall–Kier alpha value is -1.99. The first-order valence-corrected chi connectivity index (χ1v) is 10.0. The fraction of sp³-hybridized carbons (Fsp3) is 0.526. The molecule has 2 amide bonds. The number of carbonyl (C=O) groups is 2. The Morgan fingerprint density at radius 3 is 3.04 bits per heavy atom. The van der Waals surface area contributed by atoms with E-state index in [1.807, 2.05) is 23.1 Å². The number of unbranched alkanes of at least 4 members (excludes halogenated alkanes) is 1. The van der Waals surface area contributed by atoms with Crippen LogP contribution in [0, 0.1) is 5.92 Å². The van der Waals surface area contributed by atoms with E-state index in [0.29, 0.717) is 24.4 Å². The van der Waals surface area contributed by atoms with Gasteiger partial charge in [0.1, 0.15) is 5.01 Å². The largest absolute Gasteiger partial charge is 0.333 e. The molecule has 1 aliphatic heterocycles. The van der Waals surface area contributed by atoms with E-state index in [2.05, 4.69) is 13.0 Å². The van der Waals surface area contributed by atoms with Crippen molar-refractivity contribution in [3.8, 4) is 0 Å². The molecule has 1 aromatic heterocycles. The summed E-state index contributed by atoms with van der Waals surface area (Å²) in [5.41, 5.74) is 0.969. The fourth-order valence-electron chi connectivity index (χ4n) is 3.57. The summed E-state index contributed by atoms with van der Waals surface area (Å²) in [7, 11) is 0. The Morgan fingerprint density at radius 1 is 1.50 bits per heavy atom. The van der Waals surface area contributed by atoms with Crippen molar-refractivity contribution in [3.05, 3.63) is 29.3 Å². The average molecular weight is 375 g/mol. The lowest BCUT2D eigenvalue weighted by Crippen LogP contribution is -2.40. The molecule has 1 fully saturated rings. The van der Waals surface area contributed by atoms with Crippen molar-refractivity contribution < 1.29 is 14.8 Å². The van der Waals surface area contributed by atoms with Gasteiger partial charge < -0.3 is 4.90 Å². The second-order valence-corrected chi connectivity index (χ2v) is 7.84. The number of hydrogen-bond acceptors (Lipinski definition) is 5. The van der Waals surface area contributed by atoms with Crippen LogP contribution in [0.25, 0.3) is 10.2 Å². The fourth-order valence-corrected chi connectivity index (χ4v) is 4.68. The third-order valence-electron chi connectivity index (χ3n) is 4.92. The predicted octanol–water partition coefficient (Wildman–Crippen LogP) is 3.61. The number of likely N-dealkylation sites (tertiary alicyclic amines) is 1. The molecule has 2 atom stereocenters. The molecule has 0 radical (unpaired) electrons. The summed E-state index contributed by atoms with van der Waals surface area (Å²) in [5, 5.41) is 11.1. The molecular weight excluding hydrogens is 350 g/mol. The van der Waals surface area contributed by atoms with Crippen LogP contribution in [0.3, 0.4) is 0 Å². The molecule has 6 nitrogen and oxygen atoms in total. The van der Waals surface area contributed by atoms with Crippen LogP contribution in [0.1, 0.15) is 50.1 Å². The molecule has 2 unspecified atom stereocenters. The van der Waals surface area contributed by atoms with Crippen LogP contribution in [0.2, 0.25) is 0 Å². The number of fused-ring (bicyclic) bond motifs is 1. The van der Waals surface area contributed by atoms with Crippen molar-refractivity contribution in [1.82, 2.24) is 14.9 Å². The highest BCUT2D eigenvalue weighted by Crippen LogP contribution is 2.37. The van der Waals surface area contributed by atoms with Crippen LogP contribution >= 0.6 is 11.3 Å². The molecule has 0 bridgehead atoms. The second-order valence-electron chi connectivity index (χ2n) is 6.78. The maximum Gasteiger partial charge on any atom is 0.233 e. The molecule has 7 heteroatoms. The van der Waals surface area contributed by atoms with Crippen molar-refractivity contribution in [2.75, 3.05) is 13.1 Å². The van der Waals surface area contributed by atoms with Gasteiger partial charge in [0, 0.05) is 6.54 Å². The minimum atomic E-state index is -0.375. The van der Waals surface area contributed by atoms with Crippen molar-refractivity contribution in [3.63, 3.8) is 0 Å². The molecule has 2 aromatic rings. The van der Waals surface area contributed by atoms with Crippen molar-refractivity contribution in [2.45, 2.75) is 45.1 Å². The van der Waals surface area contributed by atoms with Gasteiger partial charge in [0.25, 0.3) is 0 Å². The molecule has 0 aliphatic carbocycles. The quantitative estimate of drug-likeness (QED) is 0.434. The Morgan fingerprint density at radius 2 is 2.31 bits per heavy atom. The molecule has 1 N–H and O–H groups in total. The maximum absolute atomic E-state index is 13.2. The SMILES string of the molecule is CCCCC(CN(O)C=O)C(=O)N1CCCC1c1nc2ccccc2s1. The van der Waals surface area contributed by atoms with E-state index in [0.717, 1.165) is 40.9 Å². The molecule has 1 aliphatic rings. The van der Waals surface area contributed by atoms with E-state index in [-0.39, 0.29) is 24.4 Å². The number of carbonyl (C=O) groups excluding carboxylic acids is 2. The van der Waals surface area contributed by atoms with Gasteiger partial charge in [0.15, 0.2) is 0 Å². The number of amides is 2. The highest BCUT2D eigenvalue weighted by Gasteiger charge is 2.35. The summed E-state index contributed by atoms with van der Waals surface area (Å²) in [6.07, 6.45) is 4.75. The van der Waals surface area contributed by atoms with Crippen LogP contribution in [0.4, 0.5) is 0 Å². The van der Waals surface area contributed by atoms with E-state index in [9.17, 15) is 14.8 Å². The Kier molecular flexibility index (Phi) is 6.21. The first-order valence-electron chi connectivity index (χ1n) is 9.20. The van der Waals surface area contributed by atoms with Gasteiger partial charge in [-0.15, -0.1) is 11.3 Å². The summed E-state index contributed by atoms with van der Waals surface area (Å²) in [6.45, 7) is 2.82. The Balaban J connectivity index is 1.80. The number of benzene rings is 1. The van der Waals surface area contributed by atoms with E-state index in [1.165, 1.54) is 0 Å². The highest BCUT2D eigenvalue weighted by atomic mass is 32.1. The summed E-state index contributed by atoms with van der Waals surface area (Å²) in [6, 6.07) is 8.01. The van der Waals surface area contributed by atoms with Gasteiger partial charge in [0.2, 0.25) is 12.3 Å². The molecule has 0 spiro atoms. The van der Waals surface area contributed by atoms with Crippen LogP contribution < -0.4 is 0 Å². The molecular formula is C19H25N3O3S. The number of nitrogens with zero attached hydrogens (tertiary/aromatic N) is 3. The van der Waals surface area contributed by atoms with Crippen molar-refractivity contribution >= 4 is 33.9 Å². The topological polar surface area (TPSA) is 73.7 Å². The van der Waals surface area contributed by atoms with Crippen molar-refractivity contribution in [1.29, 1.82) is 0 Å². The molecule has 0 saturated carbocycles. The van der Waals surface area contributed by atoms with Gasteiger partial charge in [-0.05, 0) is 31.4 Å². The standard InChI is InChI=1S/C19H25N3O3S/c1-2-3-7-14(12-21(25)13-23)19(24)22-11-6-9-16(22)18-20-15-8-4-5-10-17(15)26-18/h4-5,8,10,13-14,16,25H,2-3,6-7,9,11-12H2,1H3. The summed E-state index contributed by atoms with van der Waals surface area (Å²) < 4.78 is 1.13. The third-order valence-corrected chi connectivity index (χ3v) is 6.05. The summed E-state index contributed by atoms with van der Waals surface area (Å²) in [4.78, 5) is 30.6. The van der Waals surface area contributed by atoms with E-state index < -0.39 is 0 Å². The minimum absolute atomic E-state index is 0.00704. The first kappa shape index (κ1) is 18.8. The average Bonchev–Trinajstić information content (AvgIpc) is 3.30. The zero-order chi connectivity index (χ0) is 18.5. The number of rotatable bonds is 8. The summed E-state index contributed by atoms with van der Waals surface area (Å²) >= 11 is 1.64. The highest BCUT2D eigenvalue weighted by molar-refractivity contribution is 7.18. The number of aromatic nitrogens is 1. The van der Waals surface area contributed by atoms with Gasteiger partial charge in [-0.25, -0.2) is 10.0 Å². The lowest BCUT2D eigenvalue weighted by atomic mass is 10.00. The minimum Gasteiger partial charge on any atom is -0.333 e. The van der Waals surface area contributed by atoms with Crippen LogP contribution in [-0.4, -0.2) is 45.6 Å². The number of hydrogen-bond donors (Lipinski definition) is 1. The smallest absolute Gasteiger partial charge is 0.233 e. The second kappa shape index (κ2) is 8.60. The predicted molar refractivity (Wildman–Crippen MR) is 101 cm³/mol. The van der Waals surface area contributed by atoms with E-state index >= 15 is 0 Å². The third kappa shape index (κ3) is 4.04. The Labute approximate surface area is 157 Å². The molecule has 3 rings (SSSR count). The number of hydroxylamine groups is 2. The van der Waals surface area contributed by atoms with Crippen LogP contribution in [0.5, 0.6) is 0 Å². The normalized spacial score (nSPS) is 18.2. The van der Waals surface area contributed by atoms with Gasteiger partial charge in [-0.3, -0.25) is 14.8 Å².